The van der Waals surface area contributed by atoms with E-state index in [0.717, 1.165) is 0 Å². The fourth-order valence-corrected chi connectivity index (χ4v) is 0.715. The first-order valence-electron chi connectivity index (χ1n) is 4.56. The Morgan fingerprint density at radius 1 is 1.31 bits per heavy atom. The van der Waals surface area contributed by atoms with Crippen molar-refractivity contribution in [3.8, 4) is 0 Å². The minimum atomic E-state index is -0.207. The second-order valence-electron chi connectivity index (χ2n) is 4.50. The summed E-state index contributed by atoms with van der Waals surface area (Å²) in [6.07, 6.45) is 0. The number of hydrogen-bond acceptors (Lipinski definition) is 2. The zero-order chi connectivity index (χ0) is 10.6. The lowest BCUT2D eigenvalue weighted by molar-refractivity contribution is 0.227. The van der Waals surface area contributed by atoms with Gasteiger partial charge >= 0.3 is 6.03 Å². The van der Waals surface area contributed by atoms with Crippen molar-refractivity contribution in [1.82, 2.24) is 10.6 Å². The highest BCUT2D eigenvalue weighted by molar-refractivity contribution is 5.74. The van der Waals surface area contributed by atoms with Crippen LogP contribution in [0.25, 0.3) is 0 Å². The molecule has 0 spiro atoms. The van der Waals surface area contributed by atoms with Crippen LogP contribution in [0.1, 0.15) is 34.6 Å². The third kappa shape index (κ3) is 6.40. The smallest absolute Gasteiger partial charge is 0.315 e. The molecule has 0 bridgehead atoms. The second-order valence-corrected chi connectivity index (χ2v) is 4.50. The van der Waals surface area contributed by atoms with Gasteiger partial charge in [-0.3, -0.25) is 0 Å². The maximum Gasteiger partial charge on any atom is 0.315 e. The number of amides is 2. The van der Waals surface area contributed by atoms with Gasteiger partial charge in [0.15, 0.2) is 0 Å². The lowest BCUT2D eigenvalue weighted by Crippen LogP contribution is -2.52. The Balaban J connectivity index is 3.89. The Bertz CT molecular complexity index is 172. The first-order chi connectivity index (χ1) is 5.72. The van der Waals surface area contributed by atoms with Crippen LogP contribution < -0.4 is 16.4 Å². The van der Waals surface area contributed by atoms with Gasteiger partial charge in [-0.05, 0) is 34.6 Å². The van der Waals surface area contributed by atoms with Gasteiger partial charge in [-0.1, -0.05) is 0 Å². The van der Waals surface area contributed by atoms with Gasteiger partial charge in [-0.25, -0.2) is 4.79 Å². The largest absolute Gasteiger partial charge is 0.334 e. The van der Waals surface area contributed by atoms with Crippen LogP contribution in [0.15, 0.2) is 0 Å². The third-order valence-corrected chi connectivity index (χ3v) is 1.64. The van der Waals surface area contributed by atoms with E-state index in [2.05, 4.69) is 10.6 Å². The summed E-state index contributed by atoms with van der Waals surface area (Å²) in [5.74, 6) is 0. The van der Waals surface area contributed by atoms with Crippen LogP contribution in [0.2, 0.25) is 0 Å². The number of nitrogens with one attached hydrogen (secondary N) is 2. The van der Waals surface area contributed by atoms with Crippen LogP contribution >= 0.6 is 0 Å². The summed E-state index contributed by atoms with van der Waals surface area (Å²) in [7, 11) is 0. The summed E-state index contributed by atoms with van der Waals surface area (Å²) in [5.41, 5.74) is 5.40. The molecular weight excluding hydrogens is 166 g/mol. The van der Waals surface area contributed by atoms with Crippen molar-refractivity contribution in [2.75, 3.05) is 0 Å². The van der Waals surface area contributed by atoms with E-state index in [1.165, 1.54) is 0 Å². The topological polar surface area (TPSA) is 67.1 Å². The number of hydrogen-bond donors (Lipinski definition) is 3. The molecule has 0 radical (unpaired) electrons. The summed E-state index contributed by atoms with van der Waals surface area (Å²) in [4.78, 5) is 11.3. The molecule has 0 aromatic heterocycles. The molecule has 4 N–H and O–H groups in total. The predicted molar refractivity (Wildman–Crippen MR) is 54.5 cm³/mol. The van der Waals surface area contributed by atoms with E-state index in [0.29, 0.717) is 0 Å². The number of carbonyl (C=O) groups is 1. The Morgan fingerprint density at radius 3 is 2.08 bits per heavy atom. The molecule has 0 fully saturated rings. The van der Waals surface area contributed by atoms with Gasteiger partial charge < -0.3 is 16.4 Å². The van der Waals surface area contributed by atoms with Crippen LogP contribution in [-0.2, 0) is 0 Å². The van der Waals surface area contributed by atoms with E-state index in [9.17, 15) is 4.79 Å². The van der Waals surface area contributed by atoms with Crippen molar-refractivity contribution in [2.24, 2.45) is 5.73 Å². The molecule has 0 rings (SSSR count). The molecule has 78 valence electrons. The Labute approximate surface area is 80.3 Å². The molecule has 4 heteroatoms. The van der Waals surface area contributed by atoms with Gasteiger partial charge in [0.2, 0.25) is 0 Å². The molecule has 0 aliphatic carbocycles. The molecule has 0 aliphatic rings. The van der Waals surface area contributed by atoms with Crippen LogP contribution in [0.4, 0.5) is 4.79 Å². The highest BCUT2D eigenvalue weighted by Crippen LogP contribution is 1.98. The molecule has 0 saturated carbocycles. The zero-order valence-electron chi connectivity index (χ0n) is 9.14. The first-order valence-corrected chi connectivity index (χ1v) is 4.56. The van der Waals surface area contributed by atoms with Crippen LogP contribution in [0.5, 0.6) is 0 Å². The summed E-state index contributed by atoms with van der Waals surface area (Å²) in [6, 6.07) is -0.217. The van der Waals surface area contributed by atoms with Crippen LogP contribution in [0, 0.1) is 0 Å². The van der Waals surface area contributed by atoms with Crippen molar-refractivity contribution < 1.29 is 4.79 Å². The van der Waals surface area contributed by atoms with Crippen molar-refractivity contribution >= 4 is 6.03 Å². The van der Waals surface area contributed by atoms with E-state index in [1.807, 2.05) is 34.6 Å². The van der Waals surface area contributed by atoms with E-state index in [4.69, 9.17) is 5.73 Å². The monoisotopic (exact) mass is 187 g/mol. The molecule has 0 aromatic carbocycles. The molecule has 2 atom stereocenters. The average Bonchev–Trinajstić information content (AvgIpc) is 1.81. The molecule has 0 heterocycles. The van der Waals surface area contributed by atoms with Gasteiger partial charge in [-0.15, -0.1) is 0 Å². The summed E-state index contributed by atoms with van der Waals surface area (Å²) >= 11 is 0. The maximum absolute atomic E-state index is 11.3. The Morgan fingerprint density at radius 2 is 1.77 bits per heavy atom. The number of rotatable bonds is 2. The van der Waals surface area contributed by atoms with Crippen molar-refractivity contribution in [2.45, 2.75) is 52.2 Å². The van der Waals surface area contributed by atoms with Crippen molar-refractivity contribution in [3.63, 3.8) is 0 Å². The minimum absolute atomic E-state index is 0.0117. The van der Waals surface area contributed by atoms with Gasteiger partial charge in [0.05, 0.1) is 0 Å². The van der Waals surface area contributed by atoms with Gasteiger partial charge in [-0.2, -0.15) is 0 Å². The lowest BCUT2D eigenvalue weighted by atomic mass is 10.1. The van der Waals surface area contributed by atoms with E-state index in [1.54, 1.807) is 0 Å². The summed E-state index contributed by atoms with van der Waals surface area (Å²) in [5, 5.41) is 5.56. The van der Waals surface area contributed by atoms with Gasteiger partial charge in [0.25, 0.3) is 0 Å². The summed E-state index contributed by atoms with van der Waals surface area (Å²) < 4.78 is 0. The fraction of sp³-hybridized carbons (Fsp3) is 0.889. The molecule has 2 amide bonds. The molecule has 0 aromatic rings. The second kappa shape index (κ2) is 4.46. The van der Waals surface area contributed by atoms with E-state index < -0.39 is 0 Å². The minimum Gasteiger partial charge on any atom is -0.334 e. The molecule has 2 unspecified atom stereocenters. The standard InChI is InChI=1S/C9H21N3O/c1-6(10)7(2)11-8(13)12-9(3,4)5/h6-7H,10H2,1-5H3,(H2,11,12,13). The predicted octanol–water partition coefficient (Wildman–Crippen LogP) is 0.820. The zero-order valence-corrected chi connectivity index (χ0v) is 9.14. The van der Waals surface area contributed by atoms with Crippen molar-refractivity contribution in [3.05, 3.63) is 0 Å². The number of nitrogens with two attached hydrogens (primary N) is 1. The van der Waals surface area contributed by atoms with Gasteiger partial charge in [0, 0.05) is 17.6 Å². The van der Waals surface area contributed by atoms with Crippen molar-refractivity contribution in [1.29, 1.82) is 0 Å². The first kappa shape index (κ1) is 12.2. The summed E-state index contributed by atoms with van der Waals surface area (Å²) in [6.45, 7) is 9.55. The van der Waals surface area contributed by atoms with E-state index >= 15 is 0 Å². The highest BCUT2D eigenvalue weighted by Gasteiger charge is 2.16. The van der Waals surface area contributed by atoms with Crippen LogP contribution in [0.3, 0.4) is 0 Å². The number of carbonyl (C=O) groups excluding carboxylic acids is 1. The molecule has 4 nitrogen and oxygen atoms in total. The molecule has 0 saturated heterocycles. The SMILES string of the molecule is CC(N)C(C)NC(=O)NC(C)(C)C. The third-order valence-electron chi connectivity index (χ3n) is 1.64. The number of urea groups is 1. The van der Waals surface area contributed by atoms with Crippen LogP contribution in [-0.4, -0.2) is 23.7 Å². The average molecular weight is 187 g/mol. The molecular formula is C9H21N3O. The molecule has 13 heavy (non-hydrogen) atoms. The highest BCUT2D eigenvalue weighted by atomic mass is 16.2. The Kier molecular flexibility index (Phi) is 4.20. The quantitative estimate of drug-likeness (QED) is 0.599. The van der Waals surface area contributed by atoms with E-state index in [-0.39, 0.29) is 23.7 Å². The maximum atomic E-state index is 11.3. The lowest BCUT2D eigenvalue weighted by Gasteiger charge is -2.24. The fourth-order valence-electron chi connectivity index (χ4n) is 0.715. The Hall–Kier alpha value is -0.770. The molecule has 0 aliphatic heterocycles. The van der Waals surface area contributed by atoms with Gasteiger partial charge in [0.1, 0.15) is 0 Å². The normalized spacial score (nSPS) is 16.2.